The number of non-ortho nitro benzene ring substituents is 1. The Morgan fingerprint density at radius 2 is 1.93 bits per heavy atom. The molecule has 0 saturated heterocycles. The molecule has 0 saturated carbocycles. The Balaban J connectivity index is 2.77. The summed E-state index contributed by atoms with van der Waals surface area (Å²) in [5.41, 5.74) is 0.745. The van der Waals surface area contributed by atoms with E-state index in [1.54, 1.807) is 12.1 Å². The van der Waals surface area contributed by atoms with Crippen molar-refractivity contribution in [3.05, 3.63) is 51.0 Å². The van der Waals surface area contributed by atoms with Crippen LogP contribution in [0.5, 0.6) is 0 Å². The SMILES string of the molecule is C=C(Br)C(=O)Cc1ccc([N+](=O)[O-])cc1. The van der Waals surface area contributed by atoms with Crippen LogP contribution in [0.3, 0.4) is 0 Å². The standard InChI is InChI=1S/C10H8BrNO3/c1-7(11)10(13)6-8-2-4-9(5-3-8)12(14)15/h2-5H,1,6H2. The number of halogens is 1. The number of carbonyl (C=O) groups excluding carboxylic acids is 1. The molecular formula is C10H8BrNO3. The fourth-order valence-electron chi connectivity index (χ4n) is 1.02. The number of ketones is 1. The molecule has 0 radical (unpaired) electrons. The second-order valence-electron chi connectivity index (χ2n) is 2.93. The highest BCUT2D eigenvalue weighted by atomic mass is 79.9. The first-order valence-corrected chi connectivity index (χ1v) is 4.91. The minimum atomic E-state index is -0.477. The first-order valence-electron chi connectivity index (χ1n) is 4.11. The molecule has 0 aliphatic rings. The molecule has 0 atom stereocenters. The maximum atomic E-state index is 11.3. The van der Waals surface area contributed by atoms with Crippen LogP contribution in [-0.2, 0) is 11.2 Å². The molecule has 0 N–H and O–H groups in total. The topological polar surface area (TPSA) is 60.2 Å². The molecule has 0 heterocycles. The number of Topliss-reactive ketones (excluding diaryl/α,β-unsaturated/α-hetero) is 1. The van der Waals surface area contributed by atoms with Gasteiger partial charge in [0, 0.05) is 18.6 Å². The van der Waals surface area contributed by atoms with Gasteiger partial charge in [0.15, 0.2) is 5.78 Å². The number of hydrogen-bond donors (Lipinski definition) is 0. The number of nitrogens with zero attached hydrogens (tertiary/aromatic N) is 1. The number of benzene rings is 1. The van der Waals surface area contributed by atoms with Crippen LogP contribution in [-0.4, -0.2) is 10.7 Å². The Morgan fingerprint density at radius 1 is 1.40 bits per heavy atom. The maximum Gasteiger partial charge on any atom is 0.269 e. The number of nitro groups is 1. The predicted octanol–water partition coefficient (Wildman–Crippen LogP) is 2.62. The Hall–Kier alpha value is -1.49. The van der Waals surface area contributed by atoms with Crippen LogP contribution in [0.25, 0.3) is 0 Å². The lowest BCUT2D eigenvalue weighted by molar-refractivity contribution is -0.384. The monoisotopic (exact) mass is 269 g/mol. The summed E-state index contributed by atoms with van der Waals surface area (Å²) in [5.74, 6) is -0.135. The highest BCUT2D eigenvalue weighted by molar-refractivity contribution is 9.12. The van der Waals surface area contributed by atoms with Crippen LogP contribution in [0.15, 0.2) is 35.3 Å². The molecule has 78 valence electrons. The minimum absolute atomic E-state index is 0.0175. The maximum absolute atomic E-state index is 11.3. The van der Waals surface area contributed by atoms with Crippen molar-refractivity contribution in [2.45, 2.75) is 6.42 Å². The normalized spacial score (nSPS) is 9.67. The van der Waals surface area contributed by atoms with Crippen LogP contribution in [0, 0.1) is 10.1 Å². The molecule has 15 heavy (non-hydrogen) atoms. The highest BCUT2D eigenvalue weighted by Crippen LogP contribution is 2.14. The molecule has 0 aliphatic heterocycles. The van der Waals surface area contributed by atoms with E-state index in [-0.39, 0.29) is 17.9 Å². The summed E-state index contributed by atoms with van der Waals surface area (Å²) in [5, 5.41) is 10.4. The zero-order valence-electron chi connectivity index (χ0n) is 7.77. The highest BCUT2D eigenvalue weighted by Gasteiger charge is 2.08. The van der Waals surface area contributed by atoms with Gasteiger partial charge in [0.2, 0.25) is 0 Å². The van der Waals surface area contributed by atoms with Crippen molar-refractivity contribution in [2.24, 2.45) is 0 Å². The summed E-state index contributed by atoms with van der Waals surface area (Å²) >= 11 is 2.98. The Kier molecular flexibility index (Phi) is 3.74. The largest absolute Gasteiger partial charge is 0.293 e. The second-order valence-corrected chi connectivity index (χ2v) is 3.89. The molecule has 0 fully saturated rings. The van der Waals surface area contributed by atoms with Gasteiger partial charge in [-0.1, -0.05) is 18.7 Å². The first-order chi connectivity index (χ1) is 7.00. The lowest BCUT2D eigenvalue weighted by Gasteiger charge is -1.98. The van der Waals surface area contributed by atoms with E-state index in [0.717, 1.165) is 5.56 Å². The Labute approximate surface area is 94.9 Å². The van der Waals surface area contributed by atoms with Crippen molar-refractivity contribution in [1.29, 1.82) is 0 Å². The van der Waals surface area contributed by atoms with Gasteiger partial charge in [-0.15, -0.1) is 0 Å². The fourth-order valence-corrected chi connectivity index (χ4v) is 1.16. The molecule has 5 heteroatoms. The van der Waals surface area contributed by atoms with E-state index < -0.39 is 4.92 Å². The molecular weight excluding hydrogens is 262 g/mol. The third-order valence-electron chi connectivity index (χ3n) is 1.81. The smallest absolute Gasteiger partial charge is 0.269 e. The summed E-state index contributed by atoms with van der Waals surface area (Å²) in [6, 6.07) is 5.87. The summed E-state index contributed by atoms with van der Waals surface area (Å²) in [7, 11) is 0. The van der Waals surface area contributed by atoms with Crippen molar-refractivity contribution in [3.8, 4) is 0 Å². The number of allylic oxidation sites excluding steroid dienone is 1. The number of rotatable bonds is 4. The number of carbonyl (C=O) groups is 1. The van der Waals surface area contributed by atoms with Crippen molar-refractivity contribution < 1.29 is 9.72 Å². The fraction of sp³-hybridized carbons (Fsp3) is 0.100. The molecule has 4 nitrogen and oxygen atoms in total. The summed E-state index contributed by atoms with van der Waals surface area (Å²) in [6.45, 7) is 3.46. The lowest BCUT2D eigenvalue weighted by Crippen LogP contribution is -2.01. The van der Waals surface area contributed by atoms with Crippen molar-refractivity contribution >= 4 is 27.4 Å². The van der Waals surface area contributed by atoms with Gasteiger partial charge in [0.1, 0.15) is 0 Å². The number of nitro benzene ring substituents is 1. The molecule has 0 aromatic heterocycles. The van der Waals surface area contributed by atoms with Gasteiger partial charge in [-0.25, -0.2) is 0 Å². The van der Waals surface area contributed by atoms with Gasteiger partial charge in [0.25, 0.3) is 5.69 Å². The van der Waals surface area contributed by atoms with Crippen LogP contribution < -0.4 is 0 Å². The third kappa shape index (κ3) is 3.28. The molecule has 0 spiro atoms. The van der Waals surface area contributed by atoms with E-state index in [9.17, 15) is 14.9 Å². The summed E-state index contributed by atoms with van der Waals surface area (Å²) in [4.78, 5) is 21.1. The molecule has 1 rings (SSSR count). The Bertz CT molecular complexity index is 411. The van der Waals surface area contributed by atoms with Gasteiger partial charge >= 0.3 is 0 Å². The molecule has 0 aliphatic carbocycles. The van der Waals surface area contributed by atoms with Crippen LogP contribution in [0.1, 0.15) is 5.56 Å². The zero-order valence-corrected chi connectivity index (χ0v) is 9.36. The van der Waals surface area contributed by atoms with E-state index in [4.69, 9.17) is 0 Å². The molecule has 1 aromatic rings. The predicted molar refractivity (Wildman–Crippen MR) is 59.9 cm³/mol. The Morgan fingerprint density at radius 3 is 2.33 bits per heavy atom. The van der Waals surface area contributed by atoms with E-state index in [0.29, 0.717) is 4.48 Å². The second kappa shape index (κ2) is 4.84. The van der Waals surface area contributed by atoms with E-state index >= 15 is 0 Å². The summed E-state index contributed by atoms with van der Waals surface area (Å²) < 4.78 is 0.306. The van der Waals surface area contributed by atoms with Crippen molar-refractivity contribution in [1.82, 2.24) is 0 Å². The van der Waals surface area contributed by atoms with E-state index in [1.807, 2.05) is 0 Å². The van der Waals surface area contributed by atoms with Gasteiger partial charge in [-0.2, -0.15) is 0 Å². The van der Waals surface area contributed by atoms with Crippen LogP contribution in [0.4, 0.5) is 5.69 Å². The van der Waals surface area contributed by atoms with Gasteiger partial charge < -0.3 is 0 Å². The van der Waals surface area contributed by atoms with Gasteiger partial charge in [0.05, 0.1) is 9.41 Å². The van der Waals surface area contributed by atoms with E-state index in [1.165, 1.54) is 12.1 Å². The first kappa shape index (κ1) is 11.6. The molecule has 0 bridgehead atoms. The third-order valence-corrected chi connectivity index (χ3v) is 2.26. The van der Waals surface area contributed by atoms with Crippen LogP contribution in [0.2, 0.25) is 0 Å². The summed E-state index contributed by atoms with van der Waals surface area (Å²) in [6.07, 6.45) is 0.197. The number of hydrogen-bond acceptors (Lipinski definition) is 3. The van der Waals surface area contributed by atoms with Crippen LogP contribution >= 0.6 is 15.9 Å². The van der Waals surface area contributed by atoms with E-state index in [2.05, 4.69) is 22.5 Å². The quantitative estimate of drug-likeness (QED) is 0.480. The lowest BCUT2D eigenvalue weighted by atomic mass is 10.1. The van der Waals surface area contributed by atoms with Gasteiger partial charge in [-0.3, -0.25) is 14.9 Å². The van der Waals surface area contributed by atoms with Gasteiger partial charge in [-0.05, 0) is 21.5 Å². The van der Waals surface area contributed by atoms with Crippen molar-refractivity contribution in [3.63, 3.8) is 0 Å². The molecule has 0 unspecified atom stereocenters. The minimum Gasteiger partial charge on any atom is -0.293 e. The average molecular weight is 270 g/mol. The average Bonchev–Trinajstić information content (AvgIpc) is 2.18. The zero-order chi connectivity index (χ0) is 11.4. The van der Waals surface area contributed by atoms with Crippen molar-refractivity contribution in [2.75, 3.05) is 0 Å². The molecule has 1 aromatic carbocycles. The molecule has 0 amide bonds.